The van der Waals surface area contributed by atoms with Gasteiger partial charge in [0.1, 0.15) is 0 Å². The Kier molecular flexibility index (Phi) is 19.7. The zero-order valence-corrected chi connectivity index (χ0v) is 33.4. The topological polar surface area (TPSA) is 25.8 Å². The molecule has 0 spiro atoms. The maximum absolute atomic E-state index is 5.38. The molecule has 0 fully saturated rings. The van der Waals surface area contributed by atoms with E-state index in [1.165, 1.54) is 182 Å². The van der Waals surface area contributed by atoms with Gasteiger partial charge in [0.2, 0.25) is 0 Å². The van der Waals surface area contributed by atoms with Crippen molar-refractivity contribution in [2.75, 3.05) is 0 Å². The fourth-order valence-electron chi connectivity index (χ4n) is 6.59. The van der Waals surface area contributed by atoms with Gasteiger partial charge in [-0.1, -0.05) is 156 Å². The van der Waals surface area contributed by atoms with Crippen molar-refractivity contribution in [3.63, 3.8) is 0 Å². The molecule has 2 unspecified atom stereocenters. The van der Waals surface area contributed by atoms with Crippen molar-refractivity contribution in [2.24, 2.45) is 0 Å². The molecule has 0 aliphatic heterocycles. The van der Waals surface area contributed by atoms with E-state index in [0.717, 1.165) is 11.0 Å². The third kappa shape index (κ3) is 12.2. The van der Waals surface area contributed by atoms with Gasteiger partial charge in [-0.3, -0.25) is 0 Å². The lowest BCUT2D eigenvalue weighted by atomic mass is 9.95. The molecule has 3 rings (SSSR count). The van der Waals surface area contributed by atoms with Crippen LogP contribution < -0.4 is 0 Å². The lowest BCUT2D eigenvalue weighted by molar-refractivity contribution is 0.490. The Bertz CT molecular complexity index is 1040. The van der Waals surface area contributed by atoms with Gasteiger partial charge in [0.15, 0.2) is 0 Å². The molecule has 0 bridgehead atoms. The Morgan fingerprint density at radius 1 is 0.432 bits per heavy atom. The highest BCUT2D eigenvalue weighted by atomic mass is 79.9. The predicted octanol–water partition coefficient (Wildman–Crippen LogP) is 16.0. The van der Waals surface area contributed by atoms with Crippen molar-refractivity contribution in [3.05, 3.63) is 19.0 Å². The van der Waals surface area contributed by atoms with E-state index in [1.807, 2.05) is 22.7 Å². The Labute approximate surface area is 295 Å². The molecule has 6 heteroatoms. The minimum Gasteiger partial charge on any atom is -0.240 e. The largest absolute Gasteiger partial charge is 0.240 e. The summed E-state index contributed by atoms with van der Waals surface area (Å²) in [5.41, 5.74) is 2.30. The minimum absolute atomic E-state index is 0.584. The normalized spacial score (nSPS) is 13.4. The fraction of sp³-hybridized carbons (Fsp3) is 0.789. The summed E-state index contributed by atoms with van der Waals surface area (Å²) in [5, 5.41) is 2.70. The Morgan fingerprint density at radius 3 is 1.02 bits per heavy atom. The van der Waals surface area contributed by atoms with Gasteiger partial charge in [-0.05, 0) is 57.5 Å². The van der Waals surface area contributed by atoms with Crippen molar-refractivity contribution in [1.29, 1.82) is 0 Å². The quantitative estimate of drug-likeness (QED) is 0.0760. The molecule has 0 saturated carbocycles. The van der Waals surface area contributed by atoms with E-state index >= 15 is 0 Å². The van der Waals surface area contributed by atoms with Crippen molar-refractivity contribution in [3.8, 4) is 0 Å². The number of benzene rings is 1. The second-order valence-electron chi connectivity index (χ2n) is 13.3. The summed E-state index contributed by atoms with van der Waals surface area (Å²) < 4.78 is 4.91. The van der Waals surface area contributed by atoms with Gasteiger partial charge in [0.05, 0.1) is 39.4 Å². The first-order chi connectivity index (χ1) is 21.5. The maximum atomic E-state index is 5.38. The monoisotopic (exact) mass is 768 g/mol. The highest BCUT2D eigenvalue weighted by Gasteiger charge is 2.24. The standard InChI is InChI=1S/C38H62Br2N2S2/c1-5-9-13-17-19-23-27-29(25-21-15-11-7-3)37-41-33-31(39)36-34(32(40)35(33)43-37)42-38(44-36)30(26-22-16-12-8-4)28-24-20-18-14-10-6-2/h29-30H,5-28H2,1-4H3. The van der Waals surface area contributed by atoms with Gasteiger partial charge < -0.3 is 0 Å². The summed E-state index contributed by atoms with van der Waals surface area (Å²) in [6.45, 7) is 9.23. The van der Waals surface area contributed by atoms with Crippen molar-refractivity contribution in [1.82, 2.24) is 9.97 Å². The molecular weight excluding hydrogens is 708 g/mol. The molecule has 2 aromatic heterocycles. The summed E-state index contributed by atoms with van der Waals surface area (Å²) >= 11 is 12.0. The highest BCUT2D eigenvalue weighted by molar-refractivity contribution is 9.11. The van der Waals surface area contributed by atoms with Crippen LogP contribution in [0.25, 0.3) is 20.4 Å². The molecule has 2 atom stereocenters. The maximum Gasteiger partial charge on any atom is 0.0985 e. The van der Waals surface area contributed by atoms with E-state index < -0.39 is 0 Å². The van der Waals surface area contributed by atoms with Crippen molar-refractivity contribution >= 4 is 75.0 Å². The van der Waals surface area contributed by atoms with Crippen molar-refractivity contribution < 1.29 is 0 Å². The van der Waals surface area contributed by atoms with E-state index in [4.69, 9.17) is 9.97 Å². The third-order valence-corrected chi connectivity index (χ3v) is 14.0. The Balaban J connectivity index is 1.81. The summed E-state index contributed by atoms with van der Waals surface area (Å²) in [7, 11) is 0. The Hall–Kier alpha value is -0.0400. The van der Waals surface area contributed by atoms with Gasteiger partial charge in [0.25, 0.3) is 0 Å². The lowest BCUT2D eigenvalue weighted by Gasteiger charge is -2.14. The van der Waals surface area contributed by atoms with Crippen LogP contribution >= 0.6 is 54.5 Å². The SMILES string of the molecule is CCCCCCCCC(CCCCCC)c1nc2c(Br)c3sc(C(CCCCCC)CCCCCCCC)nc3c(Br)c2s1. The fourth-order valence-corrected chi connectivity index (χ4v) is 10.6. The number of hydrogen-bond donors (Lipinski definition) is 0. The molecule has 0 radical (unpaired) electrons. The van der Waals surface area contributed by atoms with Crippen LogP contribution in [0.5, 0.6) is 0 Å². The molecule has 0 aliphatic carbocycles. The molecule has 0 amide bonds. The molecule has 1 aromatic carbocycles. The molecule has 250 valence electrons. The number of unbranched alkanes of at least 4 members (excludes halogenated alkanes) is 16. The molecule has 44 heavy (non-hydrogen) atoms. The number of rotatable bonds is 26. The van der Waals surface area contributed by atoms with Gasteiger partial charge in [-0.25, -0.2) is 9.97 Å². The summed E-state index contributed by atoms with van der Waals surface area (Å²) in [4.78, 5) is 10.8. The van der Waals surface area contributed by atoms with E-state index in [1.54, 1.807) is 0 Å². The minimum atomic E-state index is 0.584. The second-order valence-corrected chi connectivity index (χ2v) is 16.9. The van der Waals surface area contributed by atoms with Crippen molar-refractivity contribution in [2.45, 2.75) is 194 Å². The molecule has 3 aromatic rings. The van der Waals surface area contributed by atoms with E-state index in [-0.39, 0.29) is 0 Å². The van der Waals surface area contributed by atoms with Crippen LogP contribution in [0.15, 0.2) is 8.95 Å². The second kappa shape index (κ2) is 22.5. The summed E-state index contributed by atoms with van der Waals surface area (Å²) in [5.74, 6) is 1.17. The molecule has 2 heterocycles. The number of fused-ring (bicyclic) bond motifs is 2. The summed E-state index contributed by atoms with van der Waals surface area (Å²) in [6, 6.07) is 0. The van der Waals surface area contributed by atoms with Gasteiger partial charge >= 0.3 is 0 Å². The van der Waals surface area contributed by atoms with Crippen LogP contribution in [0.1, 0.15) is 204 Å². The van der Waals surface area contributed by atoms with Gasteiger partial charge in [-0.2, -0.15) is 0 Å². The van der Waals surface area contributed by atoms with Gasteiger partial charge in [-0.15, -0.1) is 22.7 Å². The third-order valence-electron chi connectivity index (χ3n) is 9.42. The van der Waals surface area contributed by atoms with Gasteiger partial charge in [0, 0.05) is 11.8 Å². The van der Waals surface area contributed by atoms with Crippen LogP contribution in [0.4, 0.5) is 0 Å². The highest BCUT2D eigenvalue weighted by Crippen LogP contribution is 2.47. The van der Waals surface area contributed by atoms with E-state index in [9.17, 15) is 0 Å². The van der Waals surface area contributed by atoms with E-state index in [0.29, 0.717) is 11.8 Å². The molecule has 0 saturated heterocycles. The van der Waals surface area contributed by atoms with E-state index in [2.05, 4.69) is 59.6 Å². The first-order valence-corrected chi connectivity index (χ1v) is 21.8. The number of thiazole rings is 2. The molecule has 0 N–H and O–H groups in total. The molecular formula is C38H62Br2N2S2. The van der Waals surface area contributed by atoms with Crippen LogP contribution in [0, 0.1) is 0 Å². The Morgan fingerprint density at radius 2 is 0.705 bits per heavy atom. The van der Waals surface area contributed by atoms with Crippen LogP contribution in [-0.4, -0.2) is 9.97 Å². The van der Waals surface area contributed by atoms with Crippen LogP contribution in [0.2, 0.25) is 0 Å². The average molecular weight is 771 g/mol. The first-order valence-electron chi connectivity index (χ1n) is 18.6. The average Bonchev–Trinajstić information content (AvgIpc) is 3.68. The molecule has 0 aliphatic rings. The smallest absolute Gasteiger partial charge is 0.0985 e. The molecule has 2 nitrogen and oxygen atoms in total. The first kappa shape index (κ1) is 38.4. The number of halogens is 2. The summed E-state index contributed by atoms with van der Waals surface area (Å²) in [6.07, 6.45) is 32.1. The number of nitrogens with zero attached hydrogens (tertiary/aromatic N) is 2. The number of hydrogen-bond acceptors (Lipinski definition) is 4. The zero-order valence-electron chi connectivity index (χ0n) is 28.6. The zero-order chi connectivity index (χ0) is 31.6. The van der Waals surface area contributed by atoms with Crippen LogP contribution in [0.3, 0.4) is 0 Å². The number of aromatic nitrogens is 2. The lowest BCUT2D eigenvalue weighted by Crippen LogP contribution is -1.99. The van der Waals surface area contributed by atoms with Crippen LogP contribution in [-0.2, 0) is 0 Å². The predicted molar refractivity (Wildman–Crippen MR) is 207 cm³/mol.